The molecule has 1 fully saturated rings. The smallest absolute Gasteiger partial charge is 0.191 e. The van der Waals surface area contributed by atoms with Gasteiger partial charge in [-0.05, 0) is 26.2 Å². The van der Waals surface area contributed by atoms with Gasteiger partial charge in [0.15, 0.2) is 5.96 Å². The van der Waals surface area contributed by atoms with Crippen molar-refractivity contribution in [2.24, 2.45) is 10.9 Å². The van der Waals surface area contributed by atoms with E-state index in [4.69, 9.17) is 4.74 Å². The minimum atomic E-state index is -0.707. The second-order valence-electron chi connectivity index (χ2n) is 6.90. The number of ether oxygens (including phenoxy) is 1. The van der Waals surface area contributed by atoms with E-state index in [1.807, 2.05) is 0 Å². The summed E-state index contributed by atoms with van der Waals surface area (Å²) < 4.78 is 5.31. The van der Waals surface area contributed by atoms with Gasteiger partial charge in [-0.25, -0.2) is 0 Å². The van der Waals surface area contributed by atoms with Crippen molar-refractivity contribution in [3.8, 4) is 0 Å². The summed E-state index contributed by atoms with van der Waals surface area (Å²) >= 11 is 0. The van der Waals surface area contributed by atoms with E-state index in [2.05, 4.69) is 43.3 Å². The van der Waals surface area contributed by atoms with Crippen LogP contribution in [0, 0.1) is 5.92 Å². The molecular formula is C17H36IN3O2. The zero-order valence-corrected chi connectivity index (χ0v) is 17.6. The molecule has 1 aliphatic heterocycles. The normalized spacial score (nSPS) is 19.1. The number of rotatable bonds is 8. The summed E-state index contributed by atoms with van der Waals surface area (Å²) in [7, 11) is 0. The summed E-state index contributed by atoms with van der Waals surface area (Å²) in [5.41, 5.74) is -0.707. The van der Waals surface area contributed by atoms with Crippen LogP contribution in [0.1, 0.15) is 59.8 Å². The van der Waals surface area contributed by atoms with Crippen LogP contribution >= 0.6 is 24.0 Å². The number of guanidine groups is 1. The predicted molar refractivity (Wildman–Crippen MR) is 108 cm³/mol. The van der Waals surface area contributed by atoms with Crippen LogP contribution in [0.25, 0.3) is 0 Å². The highest BCUT2D eigenvalue weighted by Crippen LogP contribution is 2.20. The van der Waals surface area contributed by atoms with Gasteiger partial charge in [-0.1, -0.05) is 26.7 Å². The van der Waals surface area contributed by atoms with Crippen LogP contribution in [0.15, 0.2) is 4.99 Å². The molecule has 6 heteroatoms. The molecule has 1 saturated heterocycles. The van der Waals surface area contributed by atoms with Crippen LogP contribution < -0.4 is 10.6 Å². The monoisotopic (exact) mass is 441 g/mol. The second kappa shape index (κ2) is 12.3. The largest absolute Gasteiger partial charge is 0.388 e. The highest BCUT2D eigenvalue weighted by Gasteiger charge is 2.29. The van der Waals surface area contributed by atoms with E-state index in [0.29, 0.717) is 38.6 Å². The molecule has 1 unspecified atom stereocenters. The maximum Gasteiger partial charge on any atom is 0.191 e. The quantitative estimate of drug-likeness (QED) is 0.308. The number of hydrogen-bond donors (Lipinski definition) is 3. The Morgan fingerprint density at radius 3 is 2.43 bits per heavy atom. The highest BCUT2D eigenvalue weighted by molar-refractivity contribution is 14.0. The number of aliphatic imine (C=N–C) groups is 1. The van der Waals surface area contributed by atoms with Crippen LogP contribution in [0.3, 0.4) is 0 Å². The van der Waals surface area contributed by atoms with Gasteiger partial charge in [-0.2, -0.15) is 0 Å². The SMILES string of the molecule is CCNC(=NCC1(O)CCOCC1)NC(C)CCCC(C)C.I. The molecule has 0 aromatic heterocycles. The first-order valence-corrected chi connectivity index (χ1v) is 8.80. The van der Waals surface area contributed by atoms with Gasteiger partial charge in [-0.15, -0.1) is 24.0 Å². The number of hydrogen-bond acceptors (Lipinski definition) is 3. The van der Waals surface area contributed by atoms with Gasteiger partial charge in [0, 0.05) is 38.6 Å². The Bertz CT molecular complexity index is 332. The van der Waals surface area contributed by atoms with E-state index in [1.165, 1.54) is 12.8 Å². The highest BCUT2D eigenvalue weighted by atomic mass is 127. The first-order valence-electron chi connectivity index (χ1n) is 8.80. The van der Waals surface area contributed by atoms with E-state index < -0.39 is 5.60 Å². The minimum absolute atomic E-state index is 0. The Balaban J connectivity index is 0.00000484. The molecule has 1 aliphatic rings. The molecule has 0 aromatic carbocycles. The molecule has 0 radical (unpaired) electrons. The van der Waals surface area contributed by atoms with Crippen molar-refractivity contribution in [3.05, 3.63) is 0 Å². The molecule has 1 rings (SSSR count). The lowest BCUT2D eigenvalue weighted by atomic mass is 9.95. The summed E-state index contributed by atoms with van der Waals surface area (Å²) in [6.07, 6.45) is 4.96. The fraction of sp³-hybridized carbons (Fsp3) is 0.941. The lowest BCUT2D eigenvalue weighted by Gasteiger charge is -2.30. The topological polar surface area (TPSA) is 65.9 Å². The van der Waals surface area contributed by atoms with Crippen molar-refractivity contribution < 1.29 is 9.84 Å². The van der Waals surface area contributed by atoms with Crippen molar-refractivity contribution in [2.45, 2.75) is 71.4 Å². The maximum absolute atomic E-state index is 10.5. The third-order valence-electron chi connectivity index (χ3n) is 4.10. The Kier molecular flexibility index (Phi) is 12.3. The van der Waals surface area contributed by atoms with E-state index in [-0.39, 0.29) is 24.0 Å². The molecule has 0 amide bonds. The Labute approximate surface area is 159 Å². The summed E-state index contributed by atoms with van der Waals surface area (Å²) in [4.78, 5) is 4.58. The second-order valence-corrected chi connectivity index (χ2v) is 6.90. The Hall–Kier alpha value is -0.0800. The number of aliphatic hydroxyl groups is 1. The average Bonchev–Trinajstić information content (AvgIpc) is 2.45. The standard InChI is InChI=1S/C17H35N3O2.HI/c1-5-18-16(20-15(4)8-6-7-14(2)3)19-13-17(21)9-11-22-12-10-17;/h14-15,21H,5-13H2,1-4H3,(H2,18,19,20);1H. The molecule has 3 N–H and O–H groups in total. The third-order valence-corrected chi connectivity index (χ3v) is 4.10. The van der Waals surface area contributed by atoms with Crippen molar-refractivity contribution >= 4 is 29.9 Å². The Morgan fingerprint density at radius 1 is 1.22 bits per heavy atom. The summed E-state index contributed by atoms with van der Waals surface area (Å²) in [5.74, 6) is 1.57. The van der Waals surface area contributed by atoms with Gasteiger partial charge in [-0.3, -0.25) is 4.99 Å². The van der Waals surface area contributed by atoms with Crippen molar-refractivity contribution in [1.29, 1.82) is 0 Å². The van der Waals surface area contributed by atoms with E-state index in [9.17, 15) is 5.11 Å². The molecule has 1 atom stereocenters. The zero-order chi connectivity index (χ0) is 16.4. The molecule has 138 valence electrons. The van der Waals surface area contributed by atoms with E-state index >= 15 is 0 Å². The fourth-order valence-corrected chi connectivity index (χ4v) is 2.59. The first kappa shape index (κ1) is 22.9. The van der Waals surface area contributed by atoms with Gasteiger partial charge >= 0.3 is 0 Å². The molecule has 1 heterocycles. The molecule has 0 aliphatic carbocycles. The number of nitrogens with one attached hydrogen (secondary N) is 2. The van der Waals surface area contributed by atoms with E-state index in [1.54, 1.807) is 0 Å². The van der Waals surface area contributed by atoms with Crippen LogP contribution in [0.4, 0.5) is 0 Å². The molecule has 0 saturated carbocycles. The summed E-state index contributed by atoms with van der Waals surface area (Å²) in [5, 5.41) is 17.2. The summed E-state index contributed by atoms with van der Waals surface area (Å²) in [6.45, 7) is 11.3. The molecule has 0 aromatic rings. The van der Waals surface area contributed by atoms with E-state index in [0.717, 1.165) is 24.8 Å². The maximum atomic E-state index is 10.5. The van der Waals surface area contributed by atoms with Crippen LogP contribution in [0.2, 0.25) is 0 Å². The molecule has 23 heavy (non-hydrogen) atoms. The fourth-order valence-electron chi connectivity index (χ4n) is 2.59. The number of halogens is 1. The predicted octanol–water partition coefficient (Wildman–Crippen LogP) is 2.92. The average molecular weight is 441 g/mol. The van der Waals surface area contributed by atoms with Crippen molar-refractivity contribution in [2.75, 3.05) is 26.3 Å². The summed E-state index contributed by atoms with van der Waals surface area (Å²) in [6, 6.07) is 0.390. The van der Waals surface area contributed by atoms with Gasteiger partial charge in [0.05, 0.1) is 12.1 Å². The van der Waals surface area contributed by atoms with Crippen molar-refractivity contribution in [1.82, 2.24) is 10.6 Å². The Morgan fingerprint density at radius 2 is 1.87 bits per heavy atom. The van der Waals surface area contributed by atoms with Crippen LogP contribution in [-0.4, -0.2) is 49.0 Å². The minimum Gasteiger partial charge on any atom is -0.388 e. The zero-order valence-electron chi connectivity index (χ0n) is 15.2. The van der Waals surface area contributed by atoms with Crippen LogP contribution in [0.5, 0.6) is 0 Å². The van der Waals surface area contributed by atoms with Gasteiger partial charge in [0.1, 0.15) is 0 Å². The third kappa shape index (κ3) is 10.4. The van der Waals surface area contributed by atoms with Gasteiger partial charge in [0.25, 0.3) is 0 Å². The molecule has 5 nitrogen and oxygen atoms in total. The van der Waals surface area contributed by atoms with Crippen molar-refractivity contribution in [3.63, 3.8) is 0 Å². The number of nitrogens with zero attached hydrogens (tertiary/aromatic N) is 1. The lowest BCUT2D eigenvalue weighted by molar-refractivity contribution is -0.0566. The molecular weight excluding hydrogens is 405 g/mol. The molecule has 0 spiro atoms. The lowest BCUT2D eigenvalue weighted by Crippen LogP contribution is -2.45. The van der Waals surface area contributed by atoms with Crippen LogP contribution in [-0.2, 0) is 4.74 Å². The molecule has 0 bridgehead atoms. The van der Waals surface area contributed by atoms with Gasteiger partial charge in [0.2, 0.25) is 0 Å². The first-order chi connectivity index (χ1) is 10.4. The van der Waals surface area contributed by atoms with Gasteiger partial charge < -0.3 is 20.5 Å².